The molecule has 4 heteroatoms. The number of esters is 1. The first kappa shape index (κ1) is 11.5. The summed E-state index contributed by atoms with van der Waals surface area (Å²) in [6, 6.07) is 0. The van der Waals surface area contributed by atoms with Gasteiger partial charge in [0.15, 0.2) is 0 Å². The zero-order valence-electron chi connectivity index (χ0n) is 8.48. The number of aliphatic hydroxyl groups excluding tert-OH is 2. The maximum atomic E-state index is 10.9. The Kier molecular flexibility index (Phi) is 4.35. The zero-order chi connectivity index (χ0) is 10.6. The van der Waals surface area contributed by atoms with Gasteiger partial charge in [-0.1, -0.05) is 0 Å². The molecule has 0 spiro atoms. The van der Waals surface area contributed by atoms with Crippen molar-refractivity contribution >= 4 is 5.97 Å². The number of carbonyl (C=O) groups is 1. The Labute approximate surface area is 83.9 Å². The predicted molar refractivity (Wildman–Crippen MR) is 50.7 cm³/mol. The van der Waals surface area contributed by atoms with Crippen LogP contribution >= 0.6 is 0 Å². The summed E-state index contributed by atoms with van der Waals surface area (Å²) in [7, 11) is 0. The van der Waals surface area contributed by atoms with Gasteiger partial charge in [-0.25, -0.2) is 0 Å². The van der Waals surface area contributed by atoms with Crippen molar-refractivity contribution in [1.82, 2.24) is 0 Å². The fourth-order valence-electron chi connectivity index (χ4n) is 1.74. The number of carbonyl (C=O) groups excluding carboxylic acids is 1. The SMILES string of the molecule is C[C@@H](O)C[C@@H](O)C[C@H]1CCCC(=O)O1. The Balaban J connectivity index is 2.25. The number of aliphatic hydroxyl groups is 2. The lowest BCUT2D eigenvalue weighted by atomic mass is 10.0. The standard InChI is InChI=1S/C10H18O4/c1-7(11)5-8(12)6-9-3-2-4-10(13)14-9/h7-9,11-12H,2-6H2,1H3/t7-,8-,9-/m1/s1. The summed E-state index contributed by atoms with van der Waals surface area (Å²) in [5, 5.41) is 18.5. The average Bonchev–Trinajstić information content (AvgIpc) is 2.01. The molecule has 0 aliphatic carbocycles. The van der Waals surface area contributed by atoms with E-state index in [9.17, 15) is 9.90 Å². The molecule has 0 radical (unpaired) electrons. The van der Waals surface area contributed by atoms with Crippen LogP contribution in [0.2, 0.25) is 0 Å². The molecule has 1 aliphatic heterocycles. The van der Waals surface area contributed by atoms with E-state index in [0.29, 0.717) is 19.3 Å². The van der Waals surface area contributed by atoms with Crippen molar-refractivity contribution in [2.24, 2.45) is 0 Å². The topological polar surface area (TPSA) is 66.8 Å². The lowest BCUT2D eigenvalue weighted by Gasteiger charge is -2.24. The van der Waals surface area contributed by atoms with E-state index in [0.717, 1.165) is 12.8 Å². The summed E-state index contributed by atoms with van der Waals surface area (Å²) in [5.41, 5.74) is 0. The third-order valence-corrected chi connectivity index (χ3v) is 2.35. The summed E-state index contributed by atoms with van der Waals surface area (Å²) < 4.78 is 5.06. The summed E-state index contributed by atoms with van der Waals surface area (Å²) in [5.74, 6) is -0.175. The minimum absolute atomic E-state index is 0.162. The molecule has 0 aromatic carbocycles. The average molecular weight is 202 g/mol. The molecule has 0 aromatic heterocycles. The molecule has 1 rings (SSSR count). The number of hydrogen-bond acceptors (Lipinski definition) is 4. The van der Waals surface area contributed by atoms with Gasteiger partial charge in [-0.3, -0.25) is 4.79 Å². The van der Waals surface area contributed by atoms with Gasteiger partial charge in [0.1, 0.15) is 6.10 Å². The number of cyclic esters (lactones) is 1. The Morgan fingerprint density at radius 1 is 1.57 bits per heavy atom. The smallest absolute Gasteiger partial charge is 0.306 e. The van der Waals surface area contributed by atoms with Crippen molar-refractivity contribution in [3.05, 3.63) is 0 Å². The fourth-order valence-corrected chi connectivity index (χ4v) is 1.74. The van der Waals surface area contributed by atoms with E-state index in [-0.39, 0.29) is 12.1 Å². The first-order valence-corrected chi connectivity index (χ1v) is 5.13. The van der Waals surface area contributed by atoms with Gasteiger partial charge in [-0.15, -0.1) is 0 Å². The highest BCUT2D eigenvalue weighted by Crippen LogP contribution is 2.19. The lowest BCUT2D eigenvalue weighted by molar-refractivity contribution is -0.155. The molecular formula is C10H18O4. The molecule has 0 unspecified atom stereocenters. The highest BCUT2D eigenvalue weighted by molar-refractivity contribution is 5.70. The first-order chi connectivity index (χ1) is 6.58. The van der Waals surface area contributed by atoms with Crippen LogP contribution in [0.4, 0.5) is 0 Å². The van der Waals surface area contributed by atoms with Crippen LogP contribution in [-0.2, 0) is 9.53 Å². The third-order valence-electron chi connectivity index (χ3n) is 2.35. The van der Waals surface area contributed by atoms with Gasteiger partial charge in [-0.05, 0) is 26.2 Å². The highest BCUT2D eigenvalue weighted by Gasteiger charge is 2.23. The molecular weight excluding hydrogens is 184 g/mol. The van der Waals surface area contributed by atoms with E-state index in [4.69, 9.17) is 9.84 Å². The van der Waals surface area contributed by atoms with Crippen LogP contribution in [0.5, 0.6) is 0 Å². The van der Waals surface area contributed by atoms with Crippen molar-refractivity contribution < 1.29 is 19.7 Å². The molecule has 1 aliphatic rings. The summed E-state index contributed by atoms with van der Waals surface area (Å²) in [6.45, 7) is 1.64. The molecule has 1 fully saturated rings. The summed E-state index contributed by atoms with van der Waals surface area (Å²) >= 11 is 0. The number of hydrogen-bond donors (Lipinski definition) is 2. The molecule has 3 atom stereocenters. The Morgan fingerprint density at radius 3 is 2.86 bits per heavy atom. The maximum absolute atomic E-state index is 10.9. The minimum Gasteiger partial charge on any atom is -0.462 e. The normalized spacial score (nSPS) is 26.8. The van der Waals surface area contributed by atoms with Crippen LogP contribution in [0.15, 0.2) is 0 Å². The molecule has 0 saturated carbocycles. The Hall–Kier alpha value is -0.610. The van der Waals surface area contributed by atoms with Gasteiger partial charge in [0.25, 0.3) is 0 Å². The zero-order valence-corrected chi connectivity index (χ0v) is 8.48. The van der Waals surface area contributed by atoms with Crippen LogP contribution in [-0.4, -0.2) is 34.5 Å². The summed E-state index contributed by atoms with van der Waals surface area (Å²) in [4.78, 5) is 10.9. The van der Waals surface area contributed by atoms with Crippen LogP contribution < -0.4 is 0 Å². The van der Waals surface area contributed by atoms with Gasteiger partial charge >= 0.3 is 5.97 Å². The second-order valence-corrected chi connectivity index (χ2v) is 3.98. The van der Waals surface area contributed by atoms with E-state index < -0.39 is 12.2 Å². The first-order valence-electron chi connectivity index (χ1n) is 5.13. The predicted octanol–water partition coefficient (Wildman–Crippen LogP) is 0.604. The van der Waals surface area contributed by atoms with Crippen LogP contribution in [0, 0.1) is 0 Å². The van der Waals surface area contributed by atoms with Gasteiger partial charge in [0, 0.05) is 12.8 Å². The van der Waals surface area contributed by atoms with Gasteiger partial charge in [0.05, 0.1) is 12.2 Å². The van der Waals surface area contributed by atoms with E-state index in [1.54, 1.807) is 6.92 Å². The molecule has 2 N–H and O–H groups in total. The number of ether oxygens (including phenoxy) is 1. The second kappa shape index (κ2) is 5.32. The van der Waals surface area contributed by atoms with Gasteiger partial charge in [-0.2, -0.15) is 0 Å². The van der Waals surface area contributed by atoms with Gasteiger partial charge < -0.3 is 14.9 Å². The fraction of sp³-hybridized carbons (Fsp3) is 0.900. The largest absolute Gasteiger partial charge is 0.462 e. The summed E-state index contributed by atoms with van der Waals surface area (Å²) in [6.07, 6.45) is 1.68. The third kappa shape index (κ3) is 4.07. The van der Waals surface area contributed by atoms with E-state index in [2.05, 4.69) is 0 Å². The second-order valence-electron chi connectivity index (χ2n) is 3.98. The molecule has 0 bridgehead atoms. The quantitative estimate of drug-likeness (QED) is 0.655. The van der Waals surface area contributed by atoms with Crippen molar-refractivity contribution in [3.8, 4) is 0 Å². The van der Waals surface area contributed by atoms with Crippen molar-refractivity contribution in [2.75, 3.05) is 0 Å². The molecule has 0 amide bonds. The lowest BCUT2D eigenvalue weighted by Crippen LogP contribution is -2.28. The molecule has 82 valence electrons. The van der Waals surface area contributed by atoms with Crippen molar-refractivity contribution in [1.29, 1.82) is 0 Å². The Morgan fingerprint density at radius 2 is 2.29 bits per heavy atom. The van der Waals surface area contributed by atoms with Crippen molar-refractivity contribution in [2.45, 2.75) is 57.3 Å². The molecule has 4 nitrogen and oxygen atoms in total. The number of rotatable bonds is 4. The van der Waals surface area contributed by atoms with Crippen LogP contribution in [0.1, 0.15) is 39.0 Å². The van der Waals surface area contributed by atoms with Crippen LogP contribution in [0.3, 0.4) is 0 Å². The van der Waals surface area contributed by atoms with E-state index in [1.807, 2.05) is 0 Å². The van der Waals surface area contributed by atoms with Crippen LogP contribution in [0.25, 0.3) is 0 Å². The molecule has 0 aromatic rings. The molecule has 14 heavy (non-hydrogen) atoms. The maximum Gasteiger partial charge on any atom is 0.306 e. The Bertz CT molecular complexity index is 191. The van der Waals surface area contributed by atoms with Crippen molar-refractivity contribution in [3.63, 3.8) is 0 Å². The van der Waals surface area contributed by atoms with E-state index in [1.165, 1.54) is 0 Å². The molecule has 1 saturated heterocycles. The highest BCUT2D eigenvalue weighted by atomic mass is 16.5. The monoisotopic (exact) mass is 202 g/mol. The van der Waals surface area contributed by atoms with Gasteiger partial charge in [0.2, 0.25) is 0 Å². The minimum atomic E-state index is -0.578. The van der Waals surface area contributed by atoms with E-state index >= 15 is 0 Å². The molecule has 1 heterocycles.